The lowest BCUT2D eigenvalue weighted by Gasteiger charge is -2.22. The summed E-state index contributed by atoms with van der Waals surface area (Å²) in [4.78, 5) is 1.47. The Balaban J connectivity index is 2.05. The van der Waals surface area contributed by atoms with Crippen molar-refractivity contribution in [3.63, 3.8) is 0 Å². The van der Waals surface area contributed by atoms with E-state index in [2.05, 4.69) is 36.7 Å². The summed E-state index contributed by atoms with van der Waals surface area (Å²) in [5, 5.41) is 5.95. The third-order valence-corrected chi connectivity index (χ3v) is 4.63. The topological polar surface area (TPSA) is 12.0 Å². The van der Waals surface area contributed by atoms with Gasteiger partial charge in [-0.3, -0.25) is 0 Å². The van der Waals surface area contributed by atoms with Crippen LogP contribution in [0, 0.1) is 6.92 Å². The Bertz CT molecular complexity index is 392. The van der Waals surface area contributed by atoms with Gasteiger partial charge in [-0.05, 0) is 69.0 Å². The summed E-state index contributed by atoms with van der Waals surface area (Å²) < 4.78 is 0. The fourth-order valence-corrected chi connectivity index (χ4v) is 3.48. The van der Waals surface area contributed by atoms with Crippen LogP contribution in [0.15, 0.2) is 23.1 Å². The van der Waals surface area contributed by atoms with Gasteiger partial charge >= 0.3 is 0 Å². The maximum absolute atomic E-state index is 3.73. The molecule has 1 atom stereocenters. The predicted octanol–water partition coefficient (Wildman–Crippen LogP) is 4.99. The Hall–Kier alpha value is -0.600. The molecule has 1 unspecified atom stereocenters. The van der Waals surface area contributed by atoms with Crippen LogP contribution in [0.3, 0.4) is 0 Å². The van der Waals surface area contributed by atoms with Crippen LogP contribution in [-0.2, 0) is 0 Å². The maximum Gasteiger partial charge on any atom is 0.0368 e. The second-order valence-electron chi connectivity index (χ2n) is 5.25. The Labute approximate surface area is 115 Å². The molecule has 1 aromatic heterocycles. The van der Waals surface area contributed by atoms with Crippen molar-refractivity contribution < 1.29 is 0 Å². The minimum Gasteiger partial charge on any atom is -0.310 e. The van der Waals surface area contributed by atoms with E-state index in [1.54, 1.807) is 5.57 Å². The first kappa shape index (κ1) is 13.8. The summed E-state index contributed by atoms with van der Waals surface area (Å²) in [6.45, 7) is 5.60. The van der Waals surface area contributed by atoms with Gasteiger partial charge in [0.25, 0.3) is 0 Å². The summed E-state index contributed by atoms with van der Waals surface area (Å²) in [7, 11) is 0. The molecule has 0 spiro atoms. The first-order valence-electron chi connectivity index (χ1n) is 7.26. The van der Waals surface area contributed by atoms with Crippen molar-refractivity contribution in [1.29, 1.82) is 0 Å². The van der Waals surface area contributed by atoms with Gasteiger partial charge < -0.3 is 5.32 Å². The smallest absolute Gasteiger partial charge is 0.0368 e. The monoisotopic (exact) mass is 263 g/mol. The van der Waals surface area contributed by atoms with Crippen molar-refractivity contribution in [2.75, 3.05) is 6.54 Å². The van der Waals surface area contributed by atoms with Gasteiger partial charge in [0.15, 0.2) is 0 Å². The SMILES string of the molecule is CCCNC(CC1=CCCCC1)c1ccsc1C. The fraction of sp³-hybridized carbons (Fsp3) is 0.625. The molecule has 1 N–H and O–H groups in total. The molecule has 100 valence electrons. The molecule has 1 aromatic rings. The lowest BCUT2D eigenvalue weighted by atomic mass is 9.91. The van der Waals surface area contributed by atoms with Crippen LogP contribution in [0.4, 0.5) is 0 Å². The molecule has 0 aliphatic heterocycles. The molecule has 1 heterocycles. The van der Waals surface area contributed by atoms with Crippen LogP contribution in [0.5, 0.6) is 0 Å². The number of nitrogens with one attached hydrogen (secondary N) is 1. The van der Waals surface area contributed by atoms with E-state index in [1.807, 2.05) is 11.3 Å². The molecule has 1 aliphatic rings. The highest BCUT2D eigenvalue weighted by Gasteiger charge is 2.16. The van der Waals surface area contributed by atoms with Gasteiger partial charge in [0.1, 0.15) is 0 Å². The van der Waals surface area contributed by atoms with Crippen molar-refractivity contribution in [1.82, 2.24) is 5.32 Å². The Morgan fingerprint density at radius 1 is 1.39 bits per heavy atom. The predicted molar refractivity (Wildman–Crippen MR) is 81.3 cm³/mol. The molecular formula is C16H25NS. The van der Waals surface area contributed by atoms with Crippen molar-refractivity contribution in [2.45, 2.75) is 58.4 Å². The lowest BCUT2D eigenvalue weighted by molar-refractivity contribution is 0.511. The van der Waals surface area contributed by atoms with E-state index < -0.39 is 0 Å². The summed E-state index contributed by atoms with van der Waals surface area (Å²) in [6.07, 6.45) is 10.3. The van der Waals surface area contributed by atoms with Crippen molar-refractivity contribution in [2.24, 2.45) is 0 Å². The zero-order valence-corrected chi connectivity index (χ0v) is 12.5. The van der Waals surface area contributed by atoms with E-state index in [-0.39, 0.29) is 0 Å². The highest BCUT2D eigenvalue weighted by molar-refractivity contribution is 7.10. The molecule has 18 heavy (non-hydrogen) atoms. The van der Waals surface area contributed by atoms with Crippen LogP contribution < -0.4 is 5.32 Å². The molecule has 0 bridgehead atoms. The second kappa shape index (κ2) is 7.10. The van der Waals surface area contributed by atoms with Crippen LogP contribution in [0.2, 0.25) is 0 Å². The summed E-state index contributed by atoms with van der Waals surface area (Å²) in [5.74, 6) is 0. The zero-order chi connectivity index (χ0) is 12.8. The van der Waals surface area contributed by atoms with E-state index >= 15 is 0 Å². The molecule has 2 heteroatoms. The minimum absolute atomic E-state index is 0.528. The molecule has 0 saturated heterocycles. The van der Waals surface area contributed by atoms with Crippen LogP contribution in [-0.4, -0.2) is 6.54 Å². The van der Waals surface area contributed by atoms with Crippen molar-refractivity contribution in [3.05, 3.63) is 33.5 Å². The van der Waals surface area contributed by atoms with Gasteiger partial charge in [-0.25, -0.2) is 0 Å². The molecule has 0 amide bonds. The molecule has 0 aromatic carbocycles. The Kier molecular flexibility index (Phi) is 5.45. The summed E-state index contributed by atoms with van der Waals surface area (Å²) >= 11 is 1.87. The van der Waals surface area contributed by atoms with Crippen LogP contribution in [0.25, 0.3) is 0 Å². The molecular weight excluding hydrogens is 238 g/mol. The van der Waals surface area contributed by atoms with E-state index in [1.165, 1.54) is 49.0 Å². The van der Waals surface area contributed by atoms with Gasteiger partial charge in [0.05, 0.1) is 0 Å². The van der Waals surface area contributed by atoms with Gasteiger partial charge in [0.2, 0.25) is 0 Å². The lowest BCUT2D eigenvalue weighted by Crippen LogP contribution is -2.23. The standard InChI is InChI=1S/C16H25NS/c1-3-10-17-16(15-9-11-18-13(15)2)12-14-7-5-4-6-8-14/h7,9,11,16-17H,3-6,8,10,12H2,1-2H3. The summed E-state index contributed by atoms with van der Waals surface area (Å²) in [6, 6.07) is 2.83. The molecule has 0 fully saturated rings. The molecule has 1 nitrogen and oxygen atoms in total. The van der Waals surface area contributed by atoms with Crippen molar-refractivity contribution >= 4 is 11.3 Å². The largest absolute Gasteiger partial charge is 0.310 e. The normalized spacial score (nSPS) is 17.6. The average molecular weight is 263 g/mol. The Morgan fingerprint density at radius 3 is 2.89 bits per heavy atom. The number of hydrogen-bond donors (Lipinski definition) is 1. The number of aryl methyl sites for hydroxylation is 1. The quantitative estimate of drug-likeness (QED) is 0.713. The molecule has 2 rings (SSSR count). The third kappa shape index (κ3) is 3.69. The number of thiophene rings is 1. The first-order chi connectivity index (χ1) is 8.81. The molecule has 0 radical (unpaired) electrons. The van der Waals surface area contributed by atoms with Gasteiger partial charge in [-0.1, -0.05) is 18.6 Å². The van der Waals surface area contributed by atoms with Crippen LogP contribution >= 0.6 is 11.3 Å². The number of rotatable bonds is 6. The number of hydrogen-bond acceptors (Lipinski definition) is 2. The maximum atomic E-state index is 3.73. The highest BCUT2D eigenvalue weighted by Crippen LogP contribution is 2.31. The second-order valence-corrected chi connectivity index (χ2v) is 6.37. The van der Waals surface area contributed by atoms with Crippen LogP contribution in [0.1, 0.15) is 61.9 Å². The average Bonchev–Trinajstić information content (AvgIpc) is 2.82. The van der Waals surface area contributed by atoms with Gasteiger partial charge in [-0.15, -0.1) is 11.3 Å². The zero-order valence-electron chi connectivity index (χ0n) is 11.7. The Morgan fingerprint density at radius 2 is 2.28 bits per heavy atom. The molecule has 1 aliphatic carbocycles. The van der Waals surface area contributed by atoms with Gasteiger partial charge in [-0.2, -0.15) is 0 Å². The van der Waals surface area contributed by atoms with E-state index in [9.17, 15) is 0 Å². The van der Waals surface area contributed by atoms with E-state index in [0.717, 1.165) is 6.54 Å². The molecule has 0 saturated carbocycles. The minimum atomic E-state index is 0.528. The van der Waals surface area contributed by atoms with Crippen molar-refractivity contribution in [3.8, 4) is 0 Å². The highest BCUT2D eigenvalue weighted by atomic mass is 32.1. The number of allylic oxidation sites excluding steroid dienone is 1. The third-order valence-electron chi connectivity index (χ3n) is 3.77. The fourth-order valence-electron chi connectivity index (χ4n) is 2.72. The van der Waals surface area contributed by atoms with Gasteiger partial charge in [0, 0.05) is 10.9 Å². The summed E-state index contributed by atoms with van der Waals surface area (Å²) in [5.41, 5.74) is 3.18. The first-order valence-corrected chi connectivity index (χ1v) is 8.14. The van der Waals surface area contributed by atoms with E-state index in [4.69, 9.17) is 0 Å². The van der Waals surface area contributed by atoms with E-state index in [0.29, 0.717) is 6.04 Å².